The quantitative estimate of drug-likeness (QED) is 0.846. The Morgan fingerprint density at radius 3 is 2.65 bits per heavy atom. The van der Waals surface area contributed by atoms with Crippen LogP contribution in [0.1, 0.15) is 11.1 Å². The summed E-state index contributed by atoms with van der Waals surface area (Å²) in [6.07, 6.45) is 0. The third kappa shape index (κ3) is 3.04. The zero-order valence-corrected chi connectivity index (χ0v) is 9.73. The fraction of sp³-hybridized carbons (Fsp3) is 0.214. The van der Waals surface area contributed by atoms with Gasteiger partial charge >= 0.3 is 5.97 Å². The number of aliphatic carboxylic acids is 1. The summed E-state index contributed by atoms with van der Waals surface area (Å²) in [4.78, 5) is 10.4. The van der Waals surface area contributed by atoms with E-state index in [1.165, 1.54) is 16.3 Å². The first-order chi connectivity index (χ1) is 8.15. The van der Waals surface area contributed by atoms with Crippen molar-refractivity contribution in [2.75, 3.05) is 6.54 Å². The number of carboxylic acids is 1. The fourth-order valence-electron chi connectivity index (χ4n) is 1.84. The van der Waals surface area contributed by atoms with Crippen molar-refractivity contribution in [2.45, 2.75) is 13.5 Å². The highest BCUT2D eigenvalue weighted by Gasteiger charge is 1.99. The van der Waals surface area contributed by atoms with Crippen molar-refractivity contribution >= 4 is 16.7 Å². The van der Waals surface area contributed by atoms with E-state index < -0.39 is 5.97 Å². The molecule has 0 aliphatic carbocycles. The minimum Gasteiger partial charge on any atom is -0.480 e. The van der Waals surface area contributed by atoms with Gasteiger partial charge in [-0.2, -0.15) is 0 Å². The predicted octanol–water partition coefficient (Wildman–Crippen LogP) is 2.32. The third-order valence-electron chi connectivity index (χ3n) is 2.67. The molecule has 0 amide bonds. The molecule has 0 spiro atoms. The summed E-state index contributed by atoms with van der Waals surface area (Å²) in [7, 11) is 0. The lowest BCUT2D eigenvalue weighted by atomic mass is 10.0. The predicted molar refractivity (Wildman–Crippen MR) is 68.0 cm³/mol. The Balaban J connectivity index is 2.14. The van der Waals surface area contributed by atoms with Crippen LogP contribution in [0.25, 0.3) is 10.8 Å². The average molecular weight is 229 g/mol. The van der Waals surface area contributed by atoms with Crippen molar-refractivity contribution in [1.82, 2.24) is 5.32 Å². The van der Waals surface area contributed by atoms with Gasteiger partial charge in [0.25, 0.3) is 0 Å². The summed E-state index contributed by atoms with van der Waals surface area (Å²) in [6, 6.07) is 12.5. The van der Waals surface area contributed by atoms with Gasteiger partial charge in [-0.3, -0.25) is 4.79 Å². The molecule has 0 aliphatic rings. The van der Waals surface area contributed by atoms with E-state index in [1.807, 2.05) is 6.07 Å². The monoisotopic (exact) mass is 229 g/mol. The largest absolute Gasteiger partial charge is 0.480 e. The highest BCUT2D eigenvalue weighted by molar-refractivity contribution is 5.83. The Morgan fingerprint density at radius 2 is 1.88 bits per heavy atom. The Bertz CT molecular complexity index is 549. The van der Waals surface area contributed by atoms with Crippen molar-refractivity contribution in [3.8, 4) is 0 Å². The first-order valence-corrected chi connectivity index (χ1v) is 5.57. The lowest BCUT2D eigenvalue weighted by Gasteiger charge is -2.05. The van der Waals surface area contributed by atoms with Gasteiger partial charge in [0, 0.05) is 6.54 Å². The molecule has 3 heteroatoms. The summed E-state index contributed by atoms with van der Waals surface area (Å²) >= 11 is 0. The van der Waals surface area contributed by atoms with E-state index in [4.69, 9.17) is 5.11 Å². The van der Waals surface area contributed by atoms with Gasteiger partial charge in [0.2, 0.25) is 0 Å². The molecule has 0 saturated carbocycles. The summed E-state index contributed by atoms with van der Waals surface area (Å²) in [5.74, 6) is -0.832. The molecule has 0 saturated heterocycles. The molecule has 0 atom stereocenters. The van der Waals surface area contributed by atoms with Crippen molar-refractivity contribution in [3.05, 3.63) is 47.5 Å². The van der Waals surface area contributed by atoms with Gasteiger partial charge in [0.1, 0.15) is 0 Å². The summed E-state index contributed by atoms with van der Waals surface area (Å²) < 4.78 is 0. The van der Waals surface area contributed by atoms with Crippen molar-refractivity contribution in [2.24, 2.45) is 0 Å². The summed E-state index contributed by atoms with van der Waals surface area (Å²) in [5.41, 5.74) is 2.34. The Morgan fingerprint density at radius 1 is 1.18 bits per heavy atom. The van der Waals surface area contributed by atoms with Crippen LogP contribution in [0.5, 0.6) is 0 Å². The number of carbonyl (C=O) groups is 1. The molecule has 0 unspecified atom stereocenters. The maximum atomic E-state index is 10.4. The van der Waals surface area contributed by atoms with Crippen LogP contribution in [-0.2, 0) is 11.3 Å². The molecule has 88 valence electrons. The molecule has 2 aromatic carbocycles. The topological polar surface area (TPSA) is 49.3 Å². The lowest BCUT2D eigenvalue weighted by molar-refractivity contribution is -0.135. The molecule has 2 rings (SSSR count). The van der Waals surface area contributed by atoms with Crippen LogP contribution in [0.2, 0.25) is 0 Å². The minimum atomic E-state index is -0.832. The number of nitrogens with one attached hydrogen (secondary N) is 1. The molecule has 2 N–H and O–H groups in total. The standard InChI is InChI=1S/C14H15NO2/c1-10-2-4-13-7-11(3-5-12(13)6-10)8-15-9-14(16)17/h2-7,15H,8-9H2,1H3,(H,16,17). The number of carboxylic acid groups (broad SMARTS) is 1. The SMILES string of the molecule is Cc1ccc2cc(CNCC(=O)O)ccc2c1. The van der Waals surface area contributed by atoms with Crippen LogP contribution in [0.3, 0.4) is 0 Å². The van der Waals surface area contributed by atoms with Crippen LogP contribution >= 0.6 is 0 Å². The van der Waals surface area contributed by atoms with E-state index in [9.17, 15) is 4.79 Å². The second-order valence-corrected chi connectivity index (χ2v) is 4.18. The molecule has 0 fully saturated rings. The zero-order valence-electron chi connectivity index (χ0n) is 9.73. The minimum absolute atomic E-state index is 0.00800. The Labute approximate surface area is 100 Å². The third-order valence-corrected chi connectivity index (χ3v) is 2.67. The van der Waals surface area contributed by atoms with Gasteiger partial charge in [0.15, 0.2) is 0 Å². The van der Waals surface area contributed by atoms with Gasteiger partial charge in [0.05, 0.1) is 6.54 Å². The van der Waals surface area contributed by atoms with E-state index in [1.54, 1.807) is 0 Å². The number of hydrogen-bond donors (Lipinski definition) is 2. The molecule has 0 aliphatic heterocycles. The second-order valence-electron chi connectivity index (χ2n) is 4.18. The maximum absolute atomic E-state index is 10.4. The smallest absolute Gasteiger partial charge is 0.317 e. The van der Waals surface area contributed by atoms with E-state index in [0.29, 0.717) is 6.54 Å². The number of fused-ring (bicyclic) bond motifs is 1. The van der Waals surface area contributed by atoms with Gasteiger partial charge < -0.3 is 10.4 Å². The van der Waals surface area contributed by atoms with Crippen LogP contribution < -0.4 is 5.32 Å². The van der Waals surface area contributed by atoms with E-state index in [0.717, 1.165) is 5.56 Å². The van der Waals surface area contributed by atoms with Gasteiger partial charge in [-0.05, 0) is 29.3 Å². The highest BCUT2D eigenvalue weighted by atomic mass is 16.4. The van der Waals surface area contributed by atoms with Crippen molar-refractivity contribution in [1.29, 1.82) is 0 Å². The highest BCUT2D eigenvalue weighted by Crippen LogP contribution is 2.17. The van der Waals surface area contributed by atoms with Gasteiger partial charge in [-0.15, -0.1) is 0 Å². The Hall–Kier alpha value is -1.87. The van der Waals surface area contributed by atoms with Crippen molar-refractivity contribution < 1.29 is 9.90 Å². The Kier molecular flexibility index (Phi) is 3.40. The number of aryl methyl sites for hydroxylation is 1. The number of hydrogen-bond acceptors (Lipinski definition) is 2. The van der Waals surface area contributed by atoms with Gasteiger partial charge in [-0.25, -0.2) is 0 Å². The molecule has 17 heavy (non-hydrogen) atoms. The first kappa shape index (κ1) is 11.6. The van der Waals surface area contributed by atoms with Crippen molar-refractivity contribution in [3.63, 3.8) is 0 Å². The summed E-state index contributed by atoms with van der Waals surface area (Å²) in [6.45, 7) is 2.64. The normalized spacial score (nSPS) is 10.6. The zero-order chi connectivity index (χ0) is 12.3. The summed E-state index contributed by atoms with van der Waals surface area (Å²) in [5, 5.41) is 13.8. The molecule has 0 radical (unpaired) electrons. The molecule has 0 heterocycles. The molecular weight excluding hydrogens is 214 g/mol. The molecule has 3 nitrogen and oxygen atoms in total. The fourth-order valence-corrected chi connectivity index (χ4v) is 1.84. The number of rotatable bonds is 4. The first-order valence-electron chi connectivity index (χ1n) is 5.57. The molecule has 0 bridgehead atoms. The van der Waals surface area contributed by atoms with Gasteiger partial charge in [-0.1, -0.05) is 35.9 Å². The van der Waals surface area contributed by atoms with Crippen LogP contribution in [0.4, 0.5) is 0 Å². The molecule has 2 aromatic rings. The maximum Gasteiger partial charge on any atom is 0.317 e. The average Bonchev–Trinajstić information content (AvgIpc) is 2.29. The lowest BCUT2D eigenvalue weighted by Crippen LogP contribution is -2.21. The van der Waals surface area contributed by atoms with Crippen LogP contribution in [0, 0.1) is 6.92 Å². The van der Waals surface area contributed by atoms with Crippen LogP contribution in [0.15, 0.2) is 36.4 Å². The van der Waals surface area contributed by atoms with Crippen LogP contribution in [-0.4, -0.2) is 17.6 Å². The van der Waals surface area contributed by atoms with E-state index in [2.05, 4.69) is 42.6 Å². The van der Waals surface area contributed by atoms with E-state index in [-0.39, 0.29) is 6.54 Å². The number of benzene rings is 2. The van der Waals surface area contributed by atoms with E-state index >= 15 is 0 Å². The second kappa shape index (κ2) is 4.97. The molecular formula is C14H15NO2. The molecule has 0 aromatic heterocycles.